The van der Waals surface area contributed by atoms with Crippen LogP contribution in [0.25, 0.3) is 0 Å². The van der Waals surface area contributed by atoms with E-state index in [9.17, 15) is 0 Å². The number of rotatable bonds is 3. The van der Waals surface area contributed by atoms with E-state index in [0.717, 1.165) is 25.3 Å². The summed E-state index contributed by atoms with van der Waals surface area (Å²) in [7, 11) is 0. The molecule has 0 radical (unpaired) electrons. The Morgan fingerprint density at radius 2 is 2.38 bits per heavy atom. The molecule has 0 spiro atoms. The molecule has 2 unspecified atom stereocenters. The Balaban J connectivity index is 2.36. The van der Waals surface area contributed by atoms with Gasteiger partial charge in [-0.25, -0.2) is 0 Å². The van der Waals surface area contributed by atoms with Crippen molar-refractivity contribution in [2.45, 2.75) is 51.7 Å². The molecule has 1 aliphatic rings. The van der Waals surface area contributed by atoms with Crippen LogP contribution in [0.2, 0.25) is 0 Å². The van der Waals surface area contributed by atoms with Crippen molar-refractivity contribution in [2.75, 3.05) is 6.61 Å². The van der Waals surface area contributed by atoms with Crippen LogP contribution in [-0.4, -0.2) is 27.5 Å². The molecule has 0 aliphatic carbocycles. The van der Waals surface area contributed by atoms with Gasteiger partial charge in [-0.2, -0.15) is 5.10 Å². The number of aromatic amines is 1. The zero-order valence-electron chi connectivity index (χ0n) is 10.1. The molecule has 5 heteroatoms. The van der Waals surface area contributed by atoms with E-state index < -0.39 is 0 Å². The van der Waals surface area contributed by atoms with E-state index in [-0.39, 0.29) is 0 Å². The van der Waals surface area contributed by atoms with E-state index in [0.29, 0.717) is 22.8 Å². The number of nitrogens with zero attached hydrogens (tertiary/aromatic N) is 2. The van der Waals surface area contributed by atoms with Crippen LogP contribution in [0.5, 0.6) is 0 Å². The molecule has 90 valence electrons. The van der Waals surface area contributed by atoms with Gasteiger partial charge in [-0.05, 0) is 38.9 Å². The zero-order valence-corrected chi connectivity index (χ0v) is 10.9. The summed E-state index contributed by atoms with van der Waals surface area (Å²) in [6.07, 6.45) is 2.37. The smallest absolute Gasteiger partial charge is 0.195 e. The average molecular weight is 241 g/mol. The Morgan fingerprint density at radius 3 is 3.00 bits per heavy atom. The van der Waals surface area contributed by atoms with E-state index in [1.807, 2.05) is 0 Å². The van der Waals surface area contributed by atoms with Crippen LogP contribution in [-0.2, 0) is 4.74 Å². The molecule has 1 aromatic rings. The highest BCUT2D eigenvalue weighted by molar-refractivity contribution is 7.71. The molecule has 1 aliphatic heterocycles. The van der Waals surface area contributed by atoms with Crippen LogP contribution >= 0.6 is 12.2 Å². The lowest BCUT2D eigenvalue weighted by Crippen LogP contribution is -2.18. The van der Waals surface area contributed by atoms with Gasteiger partial charge in [-0.15, -0.1) is 0 Å². The van der Waals surface area contributed by atoms with Crippen molar-refractivity contribution >= 4 is 12.2 Å². The largest absolute Gasteiger partial charge is 0.377 e. The fraction of sp³-hybridized carbons (Fsp3) is 0.818. The summed E-state index contributed by atoms with van der Waals surface area (Å²) in [6.45, 7) is 7.25. The van der Waals surface area contributed by atoms with Crippen LogP contribution in [0, 0.1) is 4.77 Å². The molecule has 0 aromatic carbocycles. The van der Waals surface area contributed by atoms with Crippen LogP contribution in [0.1, 0.15) is 51.4 Å². The molecule has 1 fully saturated rings. The summed E-state index contributed by atoms with van der Waals surface area (Å²) >= 11 is 5.26. The molecule has 0 bridgehead atoms. The Hall–Kier alpha value is -0.680. The molecule has 1 saturated heterocycles. The van der Waals surface area contributed by atoms with Gasteiger partial charge in [0.1, 0.15) is 5.82 Å². The zero-order chi connectivity index (χ0) is 11.7. The summed E-state index contributed by atoms with van der Waals surface area (Å²) < 4.78 is 8.53. The fourth-order valence-corrected chi connectivity index (χ4v) is 2.77. The second-order valence-corrected chi connectivity index (χ2v) is 4.95. The van der Waals surface area contributed by atoms with Crippen LogP contribution in [0.4, 0.5) is 0 Å². The lowest BCUT2D eigenvalue weighted by molar-refractivity contribution is 0.0986. The van der Waals surface area contributed by atoms with Gasteiger partial charge in [0.15, 0.2) is 4.77 Å². The van der Waals surface area contributed by atoms with E-state index in [2.05, 4.69) is 35.5 Å². The third-order valence-electron chi connectivity index (χ3n) is 3.19. The Labute approximate surface area is 101 Å². The van der Waals surface area contributed by atoms with Gasteiger partial charge in [0.25, 0.3) is 0 Å². The minimum atomic E-state index is 0.294. The predicted octanol–water partition coefficient (Wildman–Crippen LogP) is 2.80. The van der Waals surface area contributed by atoms with Crippen LogP contribution in [0.3, 0.4) is 0 Å². The number of hydrogen-bond acceptors (Lipinski definition) is 3. The molecule has 2 heterocycles. The van der Waals surface area contributed by atoms with Gasteiger partial charge in [0.05, 0.1) is 6.10 Å². The van der Waals surface area contributed by atoms with Gasteiger partial charge >= 0.3 is 0 Å². The number of hydrogen-bond donors (Lipinski definition) is 1. The van der Waals surface area contributed by atoms with Crippen molar-refractivity contribution in [3.8, 4) is 0 Å². The van der Waals surface area contributed by atoms with Crippen molar-refractivity contribution in [1.82, 2.24) is 14.8 Å². The first-order chi connectivity index (χ1) is 7.65. The topological polar surface area (TPSA) is 42.8 Å². The molecule has 0 amide bonds. The molecule has 16 heavy (non-hydrogen) atoms. The van der Waals surface area contributed by atoms with Gasteiger partial charge in [-0.3, -0.25) is 5.10 Å². The Kier molecular flexibility index (Phi) is 3.44. The first-order valence-corrected chi connectivity index (χ1v) is 6.34. The van der Waals surface area contributed by atoms with Crippen LogP contribution in [0.15, 0.2) is 0 Å². The van der Waals surface area contributed by atoms with Gasteiger partial charge in [-0.1, -0.05) is 6.92 Å². The SMILES string of the molecule is CCC1OCCC1c1n[nH]c(=S)n1C(C)C. The number of ether oxygens (including phenoxy) is 1. The Bertz CT molecular complexity index is 410. The number of aromatic nitrogens is 3. The second-order valence-electron chi connectivity index (χ2n) is 4.56. The van der Waals surface area contributed by atoms with E-state index in [4.69, 9.17) is 17.0 Å². The van der Waals surface area contributed by atoms with Crippen molar-refractivity contribution in [3.63, 3.8) is 0 Å². The predicted molar refractivity (Wildman–Crippen MR) is 65.2 cm³/mol. The molecular weight excluding hydrogens is 222 g/mol. The molecule has 2 atom stereocenters. The van der Waals surface area contributed by atoms with Crippen molar-refractivity contribution < 1.29 is 4.74 Å². The quantitative estimate of drug-likeness (QED) is 0.827. The highest BCUT2D eigenvalue weighted by Crippen LogP contribution is 2.32. The van der Waals surface area contributed by atoms with Gasteiger partial charge in [0, 0.05) is 18.6 Å². The van der Waals surface area contributed by atoms with E-state index in [1.165, 1.54) is 0 Å². The lowest BCUT2D eigenvalue weighted by atomic mass is 9.98. The maximum atomic E-state index is 5.71. The molecule has 1 N–H and O–H groups in total. The molecule has 1 aromatic heterocycles. The van der Waals surface area contributed by atoms with Gasteiger partial charge in [0.2, 0.25) is 0 Å². The molecule has 2 rings (SSSR count). The summed E-state index contributed by atoms with van der Waals surface area (Å²) in [5.41, 5.74) is 0. The van der Waals surface area contributed by atoms with Crippen molar-refractivity contribution in [3.05, 3.63) is 10.6 Å². The second kappa shape index (κ2) is 4.67. The maximum Gasteiger partial charge on any atom is 0.195 e. The third kappa shape index (κ3) is 1.94. The van der Waals surface area contributed by atoms with Crippen molar-refractivity contribution in [1.29, 1.82) is 0 Å². The molecular formula is C11H19N3OS. The fourth-order valence-electron chi connectivity index (χ4n) is 2.42. The standard InChI is InChI=1S/C11H19N3OS/c1-4-9-8(5-6-15-9)10-12-13-11(16)14(10)7(2)3/h7-9H,4-6H2,1-3H3,(H,13,16). The highest BCUT2D eigenvalue weighted by atomic mass is 32.1. The summed E-state index contributed by atoms with van der Waals surface area (Å²) in [5, 5.41) is 7.28. The highest BCUT2D eigenvalue weighted by Gasteiger charge is 2.32. The number of H-pyrrole nitrogens is 1. The summed E-state index contributed by atoms with van der Waals surface area (Å²) in [4.78, 5) is 0. The normalized spacial score (nSPS) is 25.5. The molecule has 0 saturated carbocycles. The van der Waals surface area contributed by atoms with E-state index in [1.54, 1.807) is 0 Å². The Morgan fingerprint density at radius 1 is 1.62 bits per heavy atom. The van der Waals surface area contributed by atoms with E-state index >= 15 is 0 Å². The summed E-state index contributed by atoms with van der Waals surface area (Å²) in [6, 6.07) is 0.347. The van der Waals surface area contributed by atoms with Crippen molar-refractivity contribution in [2.24, 2.45) is 0 Å². The first-order valence-electron chi connectivity index (χ1n) is 5.93. The number of nitrogens with one attached hydrogen (secondary N) is 1. The molecule has 4 nitrogen and oxygen atoms in total. The average Bonchev–Trinajstić information content (AvgIpc) is 2.82. The summed E-state index contributed by atoms with van der Waals surface area (Å²) in [5.74, 6) is 1.45. The lowest BCUT2D eigenvalue weighted by Gasteiger charge is -2.18. The minimum absolute atomic E-state index is 0.294. The minimum Gasteiger partial charge on any atom is -0.377 e. The van der Waals surface area contributed by atoms with Gasteiger partial charge < -0.3 is 9.30 Å². The first kappa shape index (κ1) is 11.8. The maximum absolute atomic E-state index is 5.71. The third-order valence-corrected chi connectivity index (χ3v) is 3.48. The van der Waals surface area contributed by atoms with Crippen LogP contribution < -0.4 is 0 Å². The monoisotopic (exact) mass is 241 g/mol.